The van der Waals surface area contributed by atoms with Gasteiger partial charge in [0.2, 0.25) is 0 Å². The number of anilines is 2. The van der Waals surface area contributed by atoms with E-state index in [0.29, 0.717) is 32.8 Å². The van der Waals surface area contributed by atoms with Crippen molar-refractivity contribution in [3.05, 3.63) is 58.7 Å². The number of hydrogen-bond acceptors (Lipinski definition) is 8. The van der Waals surface area contributed by atoms with Crippen LogP contribution in [-0.4, -0.2) is 33.4 Å². The minimum absolute atomic E-state index is 0.0130. The standard InChI is InChI=1S/C21H15N5O3S2/c1-11-18(31-20(23-11)12-4-6-22-7-5-12)19(28)26-21-25-15(10-30-21)13-2-3-16-14(8-13)24-17(27)9-29-16/h2-8,10H,9H2,1H3,(H,24,27)(H,25,26,28). The Morgan fingerprint density at radius 2 is 2.00 bits per heavy atom. The first-order valence-electron chi connectivity index (χ1n) is 9.28. The number of rotatable bonds is 4. The summed E-state index contributed by atoms with van der Waals surface area (Å²) in [6.45, 7) is 1.83. The molecular weight excluding hydrogens is 434 g/mol. The smallest absolute Gasteiger partial charge is 0.269 e. The molecule has 3 aromatic heterocycles. The Bertz CT molecular complexity index is 1300. The Balaban J connectivity index is 1.35. The second-order valence-corrected chi connectivity index (χ2v) is 8.57. The Kier molecular flexibility index (Phi) is 4.92. The molecule has 0 saturated heterocycles. The molecule has 0 radical (unpaired) electrons. The highest BCUT2D eigenvalue weighted by molar-refractivity contribution is 7.17. The van der Waals surface area contributed by atoms with E-state index >= 15 is 0 Å². The summed E-state index contributed by atoms with van der Waals surface area (Å²) in [5.41, 5.74) is 3.70. The van der Waals surface area contributed by atoms with Crippen LogP contribution in [0.2, 0.25) is 0 Å². The molecule has 154 valence electrons. The Morgan fingerprint density at radius 1 is 1.16 bits per heavy atom. The summed E-state index contributed by atoms with van der Waals surface area (Å²) in [4.78, 5) is 37.9. The molecule has 10 heteroatoms. The van der Waals surface area contributed by atoms with Gasteiger partial charge in [0.05, 0.1) is 17.1 Å². The molecule has 0 fully saturated rings. The molecule has 0 spiro atoms. The van der Waals surface area contributed by atoms with Crippen LogP contribution in [0.3, 0.4) is 0 Å². The molecule has 8 nitrogen and oxygen atoms in total. The number of nitrogens with one attached hydrogen (secondary N) is 2. The third-order valence-electron chi connectivity index (χ3n) is 4.56. The number of aryl methyl sites for hydroxylation is 1. The maximum atomic E-state index is 12.8. The number of pyridine rings is 1. The fraction of sp³-hybridized carbons (Fsp3) is 0.0952. The Hall–Kier alpha value is -3.63. The number of carbonyl (C=O) groups is 2. The normalized spacial score (nSPS) is 12.6. The van der Waals surface area contributed by atoms with Gasteiger partial charge in [0, 0.05) is 28.9 Å². The monoisotopic (exact) mass is 449 g/mol. The van der Waals surface area contributed by atoms with Crippen molar-refractivity contribution < 1.29 is 14.3 Å². The van der Waals surface area contributed by atoms with Crippen molar-refractivity contribution in [2.24, 2.45) is 0 Å². The van der Waals surface area contributed by atoms with Gasteiger partial charge in [-0.3, -0.25) is 19.9 Å². The number of carbonyl (C=O) groups excluding carboxylic acids is 2. The molecule has 5 rings (SSSR count). The van der Waals surface area contributed by atoms with Crippen LogP contribution in [0.1, 0.15) is 15.4 Å². The summed E-state index contributed by atoms with van der Waals surface area (Å²) in [6, 6.07) is 9.19. The van der Waals surface area contributed by atoms with Gasteiger partial charge < -0.3 is 10.1 Å². The average Bonchev–Trinajstić information content (AvgIpc) is 3.40. The summed E-state index contributed by atoms with van der Waals surface area (Å²) < 4.78 is 5.38. The molecule has 1 aliphatic heterocycles. The molecule has 4 aromatic rings. The second-order valence-electron chi connectivity index (χ2n) is 6.71. The van der Waals surface area contributed by atoms with E-state index < -0.39 is 0 Å². The predicted molar refractivity (Wildman–Crippen MR) is 120 cm³/mol. The zero-order valence-corrected chi connectivity index (χ0v) is 17.8. The van der Waals surface area contributed by atoms with E-state index in [9.17, 15) is 9.59 Å². The maximum absolute atomic E-state index is 12.8. The van der Waals surface area contributed by atoms with E-state index in [1.165, 1.54) is 22.7 Å². The minimum Gasteiger partial charge on any atom is -0.482 e. The maximum Gasteiger partial charge on any atom is 0.269 e. The number of benzene rings is 1. The Labute approximate surface area is 185 Å². The molecule has 2 amide bonds. The Morgan fingerprint density at radius 3 is 2.84 bits per heavy atom. The highest BCUT2D eigenvalue weighted by atomic mass is 32.1. The largest absolute Gasteiger partial charge is 0.482 e. The molecule has 0 unspecified atom stereocenters. The van der Waals surface area contributed by atoms with E-state index in [1.54, 1.807) is 24.5 Å². The number of ether oxygens (including phenoxy) is 1. The molecular formula is C21H15N5O3S2. The van der Waals surface area contributed by atoms with Crippen LogP contribution in [0.15, 0.2) is 48.1 Å². The summed E-state index contributed by atoms with van der Waals surface area (Å²) in [5, 5.41) is 8.74. The topological polar surface area (TPSA) is 106 Å². The van der Waals surface area contributed by atoms with Crippen molar-refractivity contribution in [2.45, 2.75) is 6.92 Å². The predicted octanol–water partition coefficient (Wildman–Crippen LogP) is 4.22. The number of hydrogen-bond donors (Lipinski definition) is 2. The molecule has 0 bridgehead atoms. The minimum atomic E-state index is -0.248. The van der Waals surface area contributed by atoms with Gasteiger partial charge in [0.1, 0.15) is 15.6 Å². The first kappa shape index (κ1) is 19.3. The van der Waals surface area contributed by atoms with Crippen LogP contribution in [-0.2, 0) is 4.79 Å². The van der Waals surface area contributed by atoms with E-state index in [1.807, 2.05) is 30.5 Å². The summed E-state index contributed by atoms with van der Waals surface area (Å²) >= 11 is 2.66. The molecule has 1 aromatic carbocycles. The molecule has 0 saturated carbocycles. The third kappa shape index (κ3) is 3.90. The molecule has 0 aliphatic carbocycles. The summed E-state index contributed by atoms with van der Waals surface area (Å²) in [5.74, 6) is 0.182. The quantitative estimate of drug-likeness (QED) is 0.483. The average molecular weight is 450 g/mol. The van der Waals surface area contributed by atoms with Gasteiger partial charge >= 0.3 is 0 Å². The molecule has 4 heterocycles. The lowest BCUT2D eigenvalue weighted by atomic mass is 10.1. The fourth-order valence-corrected chi connectivity index (χ4v) is 4.77. The van der Waals surface area contributed by atoms with Gasteiger partial charge in [-0.05, 0) is 37.3 Å². The molecule has 1 aliphatic rings. The van der Waals surface area contributed by atoms with E-state index in [4.69, 9.17) is 4.74 Å². The van der Waals surface area contributed by atoms with E-state index in [2.05, 4.69) is 25.6 Å². The number of aromatic nitrogens is 3. The molecule has 0 atom stereocenters. The number of fused-ring (bicyclic) bond motifs is 1. The number of amides is 2. The van der Waals surface area contributed by atoms with E-state index in [0.717, 1.165) is 16.1 Å². The lowest BCUT2D eigenvalue weighted by Gasteiger charge is -2.18. The van der Waals surface area contributed by atoms with Crippen LogP contribution in [0.5, 0.6) is 5.75 Å². The lowest BCUT2D eigenvalue weighted by molar-refractivity contribution is -0.118. The summed E-state index contributed by atoms with van der Waals surface area (Å²) in [7, 11) is 0. The zero-order chi connectivity index (χ0) is 21.4. The van der Waals surface area contributed by atoms with Gasteiger partial charge in [0.15, 0.2) is 11.7 Å². The van der Waals surface area contributed by atoms with Crippen LogP contribution >= 0.6 is 22.7 Å². The third-order valence-corrected chi connectivity index (χ3v) is 6.53. The number of thiazole rings is 2. The van der Waals surface area contributed by atoms with Gasteiger partial charge in [-0.15, -0.1) is 22.7 Å². The van der Waals surface area contributed by atoms with Crippen LogP contribution in [0, 0.1) is 6.92 Å². The van der Waals surface area contributed by atoms with Gasteiger partial charge in [-0.1, -0.05) is 0 Å². The second kappa shape index (κ2) is 7.89. The summed E-state index contributed by atoms with van der Waals surface area (Å²) in [6.07, 6.45) is 3.39. The first-order valence-corrected chi connectivity index (χ1v) is 11.0. The van der Waals surface area contributed by atoms with Crippen molar-refractivity contribution >= 4 is 45.3 Å². The molecule has 2 N–H and O–H groups in total. The van der Waals surface area contributed by atoms with Crippen LogP contribution in [0.4, 0.5) is 10.8 Å². The van der Waals surface area contributed by atoms with Gasteiger partial charge in [-0.25, -0.2) is 9.97 Å². The molecule has 31 heavy (non-hydrogen) atoms. The SMILES string of the molecule is Cc1nc(-c2ccncc2)sc1C(=O)Nc1nc(-c2ccc3c(c2)NC(=O)CO3)cs1. The van der Waals surface area contributed by atoms with Gasteiger partial charge in [0.25, 0.3) is 11.8 Å². The van der Waals surface area contributed by atoms with Crippen LogP contribution < -0.4 is 15.4 Å². The van der Waals surface area contributed by atoms with Crippen LogP contribution in [0.25, 0.3) is 21.8 Å². The van der Waals surface area contributed by atoms with Gasteiger partial charge in [-0.2, -0.15) is 0 Å². The highest BCUT2D eigenvalue weighted by Gasteiger charge is 2.19. The fourth-order valence-electron chi connectivity index (χ4n) is 3.09. The van der Waals surface area contributed by atoms with Crippen molar-refractivity contribution in [3.63, 3.8) is 0 Å². The van der Waals surface area contributed by atoms with E-state index in [-0.39, 0.29) is 18.4 Å². The van der Waals surface area contributed by atoms with Crippen molar-refractivity contribution in [2.75, 3.05) is 17.2 Å². The number of nitrogens with zero attached hydrogens (tertiary/aromatic N) is 3. The zero-order valence-electron chi connectivity index (χ0n) is 16.2. The van der Waals surface area contributed by atoms with Crippen molar-refractivity contribution in [3.8, 4) is 27.6 Å². The van der Waals surface area contributed by atoms with Crippen molar-refractivity contribution in [1.82, 2.24) is 15.0 Å². The first-order chi connectivity index (χ1) is 15.1. The lowest BCUT2D eigenvalue weighted by Crippen LogP contribution is -2.25. The highest BCUT2D eigenvalue weighted by Crippen LogP contribution is 2.34. The van der Waals surface area contributed by atoms with Crippen molar-refractivity contribution in [1.29, 1.82) is 0 Å².